The summed E-state index contributed by atoms with van der Waals surface area (Å²) in [6, 6.07) is 11.3. The summed E-state index contributed by atoms with van der Waals surface area (Å²) in [6.45, 7) is 9.12. The molecule has 1 aliphatic heterocycles. The van der Waals surface area contributed by atoms with Gasteiger partial charge in [0, 0.05) is 43.1 Å². The fraction of sp³-hybridized carbons (Fsp3) is 0.458. The lowest BCUT2D eigenvalue weighted by Gasteiger charge is -2.34. The van der Waals surface area contributed by atoms with Crippen molar-refractivity contribution in [2.75, 3.05) is 56.7 Å². The van der Waals surface area contributed by atoms with Gasteiger partial charge in [-0.25, -0.2) is 0 Å². The SMILES string of the molecule is CCCCOc1c(Cl)cc(C(=O)Nc2ccc(N3CCN(C)CC3)cc2)cc1OCC. The third kappa shape index (κ3) is 6.28. The first-order valence-electron chi connectivity index (χ1n) is 11.0. The number of nitrogens with zero attached hydrogens (tertiary/aromatic N) is 2. The first kappa shape index (κ1) is 23.2. The normalized spacial score (nSPS) is 14.4. The monoisotopic (exact) mass is 445 g/mol. The number of likely N-dealkylation sites (N-methyl/N-ethyl adjacent to an activating group) is 1. The lowest BCUT2D eigenvalue weighted by atomic mass is 10.1. The minimum Gasteiger partial charge on any atom is -0.490 e. The third-order valence-electron chi connectivity index (χ3n) is 5.31. The van der Waals surface area contributed by atoms with E-state index >= 15 is 0 Å². The van der Waals surface area contributed by atoms with E-state index in [-0.39, 0.29) is 5.91 Å². The molecule has 3 rings (SSSR count). The van der Waals surface area contributed by atoms with Crippen LogP contribution in [-0.4, -0.2) is 57.2 Å². The Morgan fingerprint density at radius 2 is 1.77 bits per heavy atom. The topological polar surface area (TPSA) is 54.0 Å². The van der Waals surface area contributed by atoms with Gasteiger partial charge in [0.2, 0.25) is 0 Å². The van der Waals surface area contributed by atoms with Gasteiger partial charge in [0.05, 0.1) is 18.2 Å². The Balaban J connectivity index is 1.69. The van der Waals surface area contributed by atoms with E-state index in [0.29, 0.717) is 35.3 Å². The van der Waals surface area contributed by atoms with E-state index in [9.17, 15) is 4.79 Å². The number of amides is 1. The summed E-state index contributed by atoms with van der Waals surface area (Å²) >= 11 is 6.42. The Hall–Kier alpha value is -2.44. The van der Waals surface area contributed by atoms with E-state index in [4.69, 9.17) is 21.1 Å². The number of nitrogens with one attached hydrogen (secondary N) is 1. The van der Waals surface area contributed by atoms with Crippen molar-refractivity contribution in [3.05, 3.63) is 47.0 Å². The first-order valence-corrected chi connectivity index (χ1v) is 11.3. The second-order valence-electron chi connectivity index (χ2n) is 7.71. The molecule has 0 bridgehead atoms. The number of hydrogen-bond acceptors (Lipinski definition) is 5. The van der Waals surface area contributed by atoms with Gasteiger partial charge in [0.15, 0.2) is 11.5 Å². The van der Waals surface area contributed by atoms with Gasteiger partial charge in [0.1, 0.15) is 0 Å². The average Bonchev–Trinajstić information content (AvgIpc) is 2.77. The smallest absolute Gasteiger partial charge is 0.255 e. The Labute approximate surface area is 190 Å². The molecule has 1 amide bonds. The Kier molecular flexibility index (Phi) is 8.43. The van der Waals surface area contributed by atoms with Crippen LogP contribution in [0.4, 0.5) is 11.4 Å². The number of halogens is 1. The van der Waals surface area contributed by atoms with Crippen molar-refractivity contribution in [1.82, 2.24) is 4.90 Å². The largest absolute Gasteiger partial charge is 0.490 e. The molecule has 31 heavy (non-hydrogen) atoms. The molecule has 7 heteroatoms. The quantitative estimate of drug-likeness (QED) is 0.555. The summed E-state index contributed by atoms with van der Waals surface area (Å²) in [5, 5.41) is 3.32. The molecular weight excluding hydrogens is 414 g/mol. The molecule has 2 aromatic carbocycles. The number of unbranched alkanes of at least 4 members (excludes halogenated alkanes) is 1. The number of benzene rings is 2. The Bertz CT molecular complexity index is 865. The number of carbonyl (C=O) groups excluding carboxylic acids is 1. The van der Waals surface area contributed by atoms with Gasteiger partial charge in [-0.05, 0) is 56.8 Å². The van der Waals surface area contributed by atoms with E-state index in [1.165, 1.54) is 5.69 Å². The maximum absolute atomic E-state index is 12.8. The van der Waals surface area contributed by atoms with Gasteiger partial charge in [-0.3, -0.25) is 4.79 Å². The molecule has 2 aromatic rings. The van der Waals surface area contributed by atoms with Crippen molar-refractivity contribution < 1.29 is 14.3 Å². The maximum Gasteiger partial charge on any atom is 0.255 e. The van der Waals surface area contributed by atoms with Crippen LogP contribution in [-0.2, 0) is 0 Å². The van der Waals surface area contributed by atoms with Gasteiger partial charge in [-0.2, -0.15) is 0 Å². The van der Waals surface area contributed by atoms with Crippen LogP contribution in [0.5, 0.6) is 11.5 Å². The second-order valence-corrected chi connectivity index (χ2v) is 8.12. The Morgan fingerprint density at radius 3 is 2.42 bits per heavy atom. The minimum atomic E-state index is -0.240. The van der Waals surface area contributed by atoms with Crippen molar-refractivity contribution in [3.8, 4) is 11.5 Å². The number of ether oxygens (including phenoxy) is 2. The van der Waals surface area contributed by atoms with Crippen molar-refractivity contribution in [3.63, 3.8) is 0 Å². The summed E-state index contributed by atoms with van der Waals surface area (Å²) in [5.74, 6) is 0.738. The standard InChI is InChI=1S/C24H32ClN3O3/c1-4-6-15-31-23-21(25)16-18(17-22(23)30-5-2)24(29)26-19-7-9-20(10-8-19)28-13-11-27(3)12-14-28/h7-10,16-17H,4-6,11-15H2,1-3H3,(H,26,29). The van der Waals surface area contributed by atoms with E-state index in [2.05, 4.69) is 29.1 Å². The zero-order chi connectivity index (χ0) is 22.2. The lowest BCUT2D eigenvalue weighted by molar-refractivity contribution is 0.102. The number of piperazine rings is 1. The van der Waals surface area contributed by atoms with Crippen LogP contribution in [0.25, 0.3) is 0 Å². The second kappa shape index (κ2) is 11.3. The summed E-state index contributed by atoms with van der Waals surface area (Å²) in [5.41, 5.74) is 2.33. The molecule has 1 heterocycles. The summed E-state index contributed by atoms with van der Waals surface area (Å²) in [7, 11) is 2.14. The van der Waals surface area contributed by atoms with Gasteiger partial charge in [0.25, 0.3) is 5.91 Å². The molecule has 1 aliphatic rings. The molecule has 0 aromatic heterocycles. The van der Waals surface area contributed by atoms with Crippen LogP contribution in [0, 0.1) is 0 Å². The molecule has 1 N–H and O–H groups in total. The van der Waals surface area contributed by atoms with Crippen LogP contribution in [0.3, 0.4) is 0 Å². The highest BCUT2D eigenvalue weighted by Gasteiger charge is 2.17. The molecule has 1 saturated heterocycles. The summed E-state index contributed by atoms with van der Waals surface area (Å²) < 4.78 is 11.5. The molecule has 0 aliphatic carbocycles. The van der Waals surface area contributed by atoms with Crippen LogP contribution >= 0.6 is 11.6 Å². The lowest BCUT2D eigenvalue weighted by Crippen LogP contribution is -2.44. The number of rotatable bonds is 9. The highest BCUT2D eigenvalue weighted by atomic mass is 35.5. The van der Waals surface area contributed by atoms with Crippen molar-refractivity contribution in [2.24, 2.45) is 0 Å². The number of anilines is 2. The van der Waals surface area contributed by atoms with Crippen LogP contribution in [0.15, 0.2) is 36.4 Å². The average molecular weight is 446 g/mol. The molecule has 0 spiro atoms. The molecule has 168 valence electrons. The third-order valence-corrected chi connectivity index (χ3v) is 5.59. The molecular formula is C24H32ClN3O3. The van der Waals surface area contributed by atoms with Gasteiger partial charge in [-0.15, -0.1) is 0 Å². The highest BCUT2D eigenvalue weighted by molar-refractivity contribution is 6.32. The molecule has 0 radical (unpaired) electrons. The zero-order valence-electron chi connectivity index (χ0n) is 18.6. The van der Waals surface area contributed by atoms with Crippen LogP contribution in [0.2, 0.25) is 5.02 Å². The van der Waals surface area contributed by atoms with Crippen LogP contribution < -0.4 is 19.7 Å². The molecule has 0 saturated carbocycles. The van der Waals surface area contributed by atoms with E-state index in [1.807, 2.05) is 31.2 Å². The molecule has 1 fully saturated rings. The first-order chi connectivity index (χ1) is 15.0. The molecule has 0 unspecified atom stereocenters. The van der Waals surface area contributed by atoms with Gasteiger partial charge in [-0.1, -0.05) is 24.9 Å². The summed E-state index contributed by atoms with van der Waals surface area (Å²) in [4.78, 5) is 17.5. The van der Waals surface area contributed by atoms with Crippen molar-refractivity contribution >= 4 is 28.9 Å². The van der Waals surface area contributed by atoms with Crippen molar-refractivity contribution in [2.45, 2.75) is 26.7 Å². The Morgan fingerprint density at radius 1 is 1.06 bits per heavy atom. The zero-order valence-corrected chi connectivity index (χ0v) is 19.4. The van der Waals surface area contributed by atoms with E-state index < -0.39 is 0 Å². The predicted octanol–water partition coefficient (Wildman–Crippen LogP) is 4.92. The van der Waals surface area contributed by atoms with Crippen LogP contribution in [0.1, 0.15) is 37.0 Å². The fourth-order valence-electron chi connectivity index (χ4n) is 3.44. The highest BCUT2D eigenvalue weighted by Crippen LogP contribution is 2.37. The predicted molar refractivity (Wildman–Crippen MR) is 127 cm³/mol. The van der Waals surface area contributed by atoms with Gasteiger partial charge < -0.3 is 24.6 Å². The number of hydrogen-bond donors (Lipinski definition) is 1. The summed E-state index contributed by atoms with van der Waals surface area (Å²) in [6.07, 6.45) is 1.95. The fourth-order valence-corrected chi connectivity index (χ4v) is 3.71. The number of carbonyl (C=O) groups is 1. The molecule has 0 atom stereocenters. The minimum absolute atomic E-state index is 0.240. The van der Waals surface area contributed by atoms with E-state index in [0.717, 1.165) is 44.7 Å². The van der Waals surface area contributed by atoms with Crippen molar-refractivity contribution in [1.29, 1.82) is 0 Å². The molecule has 6 nitrogen and oxygen atoms in total. The van der Waals surface area contributed by atoms with Gasteiger partial charge >= 0.3 is 0 Å². The maximum atomic E-state index is 12.8. The van der Waals surface area contributed by atoms with E-state index in [1.54, 1.807) is 12.1 Å².